The Hall–Kier alpha value is -1.80. The summed E-state index contributed by atoms with van der Waals surface area (Å²) in [7, 11) is 1.69. The lowest BCUT2D eigenvalue weighted by Gasteiger charge is -2.31. The van der Waals surface area contributed by atoms with E-state index in [1.54, 1.807) is 22.9 Å². The van der Waals surface area contributed by atoms with E-state index < -0.39 is 0 Å². The minimum absolute atomic E-state index is 0.0465. The van der Waals surface area contributed by atoms with E-state index in [2.05, 4.69) is 15.3 Å². The number of amides is 1. The van der Waals surface area contributed by atoms with E-state index in [1.165, 1.54) is 24.2 Å². The number of ether oxygens (including phenoxy) is 1. The summed E-state index contributed by atoms with van der Waals surface area (Å²) in [5, 5.41) is 10.4. The van der Waals surface area contributed by atoms with Crippen molar-refractivity contribution in [2.24, 2.45) is 5.92 Å². The molecule has 1 amide bonds. The van der Waals surface area contributed by atoms with Gasteiger partial charge in [0, 0.05) is 31.5 Å². The van der Waals surface area contributed by atoms with Crippen molar-refractivity contribution < 1.29 is 9.53 Å². The summed E-state index contributed by atoms with van der Waals surface area (Å²) in [6, 6.07) is 0. The number of thiazole rings is 1. The summed E-state index contributed by atoms with van der Waals surface area (Å²) < 4.78 is 7.41. The number of nitrogens with zero attached hydrogens (tertiary/aromatic N) is 5. The molecule has 0 spiro atoms. The molecule has 8 heteroatoms. The van der Waals surface area contributed by atoms with Gasteiger partial charge < -0.3 is 9.64 Å². The van der Waals surface area contributed by atoms with Crippen molar-refractivity contribution in [2.75, 3.05) is 20.3 Å². The van der Waals surface area contributed by atoms with Gasteiger partial charge in [-0.15, -0.1) is 16.4 Å². The Morgan fingerprint density at radius 2 is 2.35 bits per heavy atom. The molecular weight excluding hydrogens is 314 g/mol. The van der Waals surface area contributed by atoms with E-state index in [0.29, 0.717) is 25.4 Å². The highest BCUT2D eigenvalue weighted by Crippen LogP contribution is 2.34. The van der Waals surface area contributed by atoms with Crippen LogP contribution in [-0.2, 0) is 17.8 Å². The quantitative estimate of drug-likeness (QED) is 0.830. The smallest absolute Gasteiger partial charge is 0.273 e. The second-order valence-corrected chi connectivity index (χ2v) is 6.98. The number of rotatable bonds is 5. The van der Waals surface area contributed by atoms with Crippen LogP contribution in [0.2, 0.25) is 0 Å². The van der Waals surface area contributed by atoms with Crippen LogP contribution < -0.4 is 0 Å². The molecule has 23 heavy (non-hydrogen) atoms. The van der Waals surface area contributed by atoms with Crippen LogP contribution in [0.5, 0.6) is 0 Å². The van der Waals surface area contributed by atoms with Crippen molar-refractivity contribution in [3.05, 3.63) is 28.0 Å². The molecule has 1 fully saturated rings. The predicted octanol–water partition coefficient (Wildman–Crippen LogP) is 1.53. The first-order valence-electron chi connectivity index (χ1n) is 7.85. The molecule has 1 aliphatic heterocycles. The highest BCUT2D eigenvalue weighted by atomic mass is 32.1. The van der Waals surface area contributed by atoms with Crippen molar-refractivity contribution >= 4 is 17.2 Å². The molecule has 3 heterocycles. The maximum absolute atomic E-state index is 12.6. The molecule has 1 aliphatic carbocycles. The van der Waals surface area contributed by atoms with Gasteiger partial charge in [-0.3, -0.25) is 4.79 Å². The molecule has 1 unspecified atom stereocenters. The van der Waals surface area contributed by atoms with Crippen molar-refractivity contribution in [1.29, 1.82) is 0 Å². The molecule has 2 aromatic heterocycles. The number of aromatic nitrogens is 4. The van der Waals surface area contributed by atoms with E-state index >= 15 is 0 Å². The Labute approximate surface area is 138 Å². The lowest BCUT2D eigenvalue weighted by molar-refractivity contribution is 0.0667. The standard InChI is InChI=1S/C15H19N5O2S/c1-22-7-11-5-19(15(21)13-8-23-9-16-13)6-12-14(11)20(18-17-12)4-10-2-3-10/h8-11H,2-7H2,1H3. The largest absolute Gasteiger partial charge is 0.384 e. The van der Waals surface area contributed by atoms with Gasteiger partial charge in [0.05, 0.1) is 24.4 Å². The second kappa shape index (κ2) is 6.01. The van der Waals surface area contributed by atoms with Crippen LogP contribution in [0, 0.1) is 5.92 Å². The molecule has 0 bridgehead atoms. The maximum Gasteiger partial charge on any atom is 0.273 e. The lowest BCUT2D eigenvalue weighted by atomic mass is 9.98. The van der Waals surface area contributed by atoms with Crippen molar-refractivity contribution in [2.45, 2.75) is 31.8 Å². The van der Waals surface area contributed by atoms with Gasteiger partial charge in [-0.2, -0.15) is 0 Å². The Morgan fingerprint density at radius 1 is 1.48 bits per heavy atom. The summed E-state index contributed by atoms with van der Waals surface area (Å²) in [4.78, 5) is 18.5. The second-order valence-electron chi connectivity index (χ2n) is 6.26. The predicted molar refractivity (Wildman–Crippen MR) is 84.2 cm³/mol. The van der Waals surface area contributed by atoms with Crippen LogP contribution in [0.4, 0.5) is 0 Å². The first kappa shape index (κ1) is 14.8. The van der Waals surface area contributed by atoms with Gasteiger partial charge in [-0.1, -0.05) is 5.21 Å². The van der Waals surface area contributed by atoms with Gasteiger partial charge in [0.25, 0.3) is 5.91 Å². The number of fused-ring (bicyclic) bond motifs is 1. The molecule has 0 radical (unpaired) electrons. The van der Waals surface area contributed by atoms with E-state index in [-0.39, 0.29) is 11.8 Å². The number of hydrogen-bond acceptors (Lipinski definition) is 6. The van der Waals surface area contributed by atoms with E-state index in [1.807, 2.05) is 4.68 Å². The highest BCUT2D eigenvalue weighted by molar-refractivity contribution is 7.07. The number of methoxy groups -OCH3 is 1. The van der Waals surface area contributed by atoms with Crippen molar-refractivity contribution in [3.63, 3.8) is 0 Å². The minimum atomic E-state index is -0.0465. The Morgan fingerprint density at radius 3 is 3.04 bits per heavy atom. The van der Waals surface area contributed by atoms with Crippen molar-refractivity contribution in [1.82, 2.24) is 24.9 Å². The van der Waals surface area contributed by atoms with Crippen LogP contribution in [-0.4, -0.2) is 51.0 Å². The van der Waals surface area contributed by atoms with Crippen LogP contribution in [0.3, 0.4) is 0 Å². The zero-order chi connectivity index (χ0) is 15.8. The third-order valence-corrected chi connectivity index (χ3v) is 5.04. The van der Waals surface area contributed by atoms with Gasteiger partial charge in [0.1, 0.15) is 11.4 Å². The van der Waals surface area contributed by atoms with E-state index in [9.17, 15) is 4.79 Å². The van der Waals surface area contributed by atoms with Gasteiger partial charge in [0.15, 0.2) is 0 Å². The summed E-state index contributed by atoms with van der Waals surface area (Å²) >= 11 is 1.43. The normalized spacial score (nSPS) is 20.6. The molecule has 2 aromatic rings. The van der Waals surface area contributed by atoms with Gasteiger partial charge in [0.2, 0.25) is 0 Å². The number of hydrogen-bond donors (Lipinski definition) is 0. The summed E-state index contributed by atoms with van der Waals surface area (Å²) in [5.74, 6) is 0.800. The molecule has 0 N–H and O–H groups in total. The van der Waals surface area contributed by atoms with Gasteiger partial charge in [-0.25, -0.2) is 9.67 Å². The summed E-state index contributed by atoms with van der Waals surface area (Å²) in [6.07, 6.45) is 2.55. The Kier molecular flexibility index (Phi) is 3.86. The lowest BCUT2D eigenvalue weighted by Crippen LogP contribution is -2.40. The molecular formula is C15H19N5O2S. The Balaban J connectivity index is 1.60. The van der Waals surface area contributed by atoms with E-state index in [4.69, 9.17) is 4.74 Å². The zero-order valence-electron chi connectivity index (χ0n) is 13.0. The summed E-state index contributed by atoms with van der Waals surface area (Å²) in [5.41, 5.74) is 4.21. The third kappa shape index (κ3) is 2.88. The molecule has 122 valence electrons. The molecule has 4 rings (SSSR count). The third-order valence-electron chi connectivity index (χ3n) is 4.45. The topological polar surface area (TPSA) is 73.1 Å². The molecule has 1 atom stereocenters. The fourth-order valence-corrected chi connectivity index (χ4v) is 3.69. The van der Waals surface area contributed by atoms with E-state index in [0.717, 1.165) is 23.9 Å². The SMILES string of the molecule is COCC1CN(C(=O)c2cscn2)Cc2nnn(CC3CC3)c21. The molecule has 0 saturated heterocycles. The fourth-order valence-electron chi connectivity index (χ4n) is 3.16. The maximum atomic E-state index is 12.6. The van der Waals surface area contributed by atoms with Crippen LogP contribution in [0.15, 0.2) is 10.9 Å². The summed E-state index contributed by atoms with van der Waals surface area (Å²) in [6.45, 7) is 2.61. The highest BCUT2D eigenvalue weighted by Gasteiger charge is 2.35. The first-order valence-corrected chi connectivity index (χ1v) is 8.79. The number of carbonyl (C=O) groups excluding carboxylic acids is 1. The molecule has 0 aromatic carbocycles. The molecule has 1 saturated carbocycles. The average molecular weight is 333 g/mol. The zero-order valence-corrected chi connectivity index (χ0v) is 13.8. The first-order chi connectivity index (χ1) is 11.3. The average Bonchev–Trinajstić information content (AvgIpc) is 3.04. The fraction of sp³-hybridized carbons (Fsp3) is 0.600. The molecule has 7 nitrogen and oxygen atoms in total. The monoisotopic (exact) mass is 333 g/mol. The van der Waals surface area contributed by atoms with Gasteiger partial charge >= 0.3 is 0 Å². The van der Waals surface area contributed by atoms with Crippen LogP contribution >= 0.6 is 11.3 Å². The Bertz CT molecular complexity index is 695. The molecule has 2 aliphatic rings. The number of carbonyl (C=O) groups is 1. The van der Waals surface area contributed by atoms with Crippen LogP contribution in [0.1, 0.15) is 40.6 Å². The van der Waals surface area contributed by atoms with Gasteiger partial charge in [-0.05, 0) is 18.8 Å². The minimum Gasteiger partial charge on any atom is -0.384 e. The van der Waals surface area contributed by atoms with Crippen LogP contribution in [0.25, 0.3) is 0 Å². The van der Waals surface area contributed by atoms with Crippen molar-refractivity contribution in [3.8, 4) is 0 Å².